The second-order valence-electron chi connectivity index (χ2n) is 9.91. The minimum absolute atomic E-state index is 0.0229. The van der Waals surface area contributed by atoms with Crippen molar-refractivity contribution in [2.75, 3.05) is 18.6 Å². The topological polar surface area (TPSA) is 223 Å². The summed E-state index contributed by atoms with van der Waals surface area (Å²) in [5.74, 6) is -2.41. The molecule has 0 spiro atoms. The van der Waals surface area contributed by atoms with Gasteiger partial charge in [0.2, 0.25) is 21.7 Å². The van der Waals surface area contributed by atoms with Gasteiger partial charge in [-0.15, -0.1) is 0 Å². The Morgan fingerprint density at radius 3 is 2.14 bits per heavy atom. The molecule has 0 heterocycles. The van der Waals surface area contributed by atoms with Crippen LogP contribution in [0.5, 0.6) is 0 Å². The van der Waals surface area contributed by atoms with Crippen molar-refractivity contribution < 1.29 is 32.7 Å². The molecule has 1 aromatic carbocycles. The molecule has 0 aliphatic heterocycles. The summed E-state index contributed by atoms with van der Waals surface area (Å²) in [6.07, 6.45) is 2.34. The van der Waals surface area contributed by atoms with Crippen LogP contribution < -0.4 is 27.4 Å². The molecule has 1 aromatic rings. The van der Waals surface area contributed by atoms with Crippen LogP contribution in [0.2, 0.25) is 0 Å². The number of benzene rings is 1. The average Bonchev–Trinajstić information content (AvgIpc) is 2.93. The lowest BCUT2D eigenvalue weighted by Gasteiger charge is -2.27. The van der Waals surface area contributed by atoms with E-state index in [9.17, 15) is 32.7 Å². The number of nitrogens with two attached hydrogens (primary N) is 2. The van der Waals surface area contributed by atoms with E-state index in [1.165, 1.54) is 11.8 Å². The highest BCUT2D eigenvalue weighted by atomic mass is 32.2. The summed E-state index contributed by atoms with van der Waals surface area (Å²) in [5.41, 5.74) is 11.2. The van der Waals surface area contributed by atoms with Crippen LogP contribution in [0.3, 0.4) is 0 Å². The Labute approximate surface area is 251 Å². The van der Waals surface area contributed by atoms with Crippen LogP contribution in [0.25, 0.3) is 0 Å². The molecule has 4 atom stereocenters. The molecule has 0 bridgehead atoms. The number of nitrogens with zero attached hydrogens (tertiary/aromatic N) is 1. The van der Waals surface area contributed by atoms with Gasteiger partial charge in [0.05, 0.1) is 6.04 Å². The van der Waals surface area contributed by atoms with Gasteiger partial charge in [-0.1, -0.05) is 50.8 Å². The van der Waals surface area contributed by atoms with Gasteiger partial charge in [-0.2, -0.15) is 11.8 Å². The Morgan fingerprint density at radius 1 is 1.02 bits per heavy atom. The smallest absolute Gasteiger partial charge is 0.325 e. The minimum Gasteiger partial charge on any atom is -0.480 e. The lowest BCUT2D eigenvalue weighted by Crippen LogP contribution is -2.56. The van der Waals surface area contributed by atoms with Crippen LogP contribution in [0.1, 0.15) is 51.1 Å². The maximum absolute atomic E-state index is 13.5. The number of aliphatic carboxylic acids is 1. The molecule has 1 rings (SSSR count). The number of guanidine groups is 1. The molecular formula is C27H42N6O7S2. The number of amides is 2. The van der Waals surface area contributed by atoms with Gasteiger partial charge in [0.15, 0.2) is 5.96 Å². The van der Waals surface area contributed by atoms with Gasteiger partial charge in [0.25, 0.3) is 5.12 Å². The Kier molecular flexibility index (Phi) is 15.8. The second-order valence-corrected chi connectivity index (χ2v) is 12.7. The van der Waals surface area contributed by atoms with Crippen molar-refractivity contribution in [1.82, 2.24) is 16.0 Å². The molecule has 15 heteroatoms. The van der Waals surface area contributed by atoms with E-state index >= 15 is 0 Å². The number of aliphatic imine (C=N–C) groups is 1. The van der Waals surface area contributed by atoms with Crippen LogP contribution in [-0.4, -0.2) is 79.1 Å². The number of thioether (sulfide) groups is 1. The molecule has 0 aliphatic rings. The number of hydrogen-bond donors (Lipinski definition) is 6. The van der Waals surface area contributed by atoms with Crippen molar-refractivity contribution in [1.29, 1.82) is 0 Å². The lowest BCUT2D eigenvalue weighted by molar-refractivity contribution is -0.140. The summed E-state index contributed by atoms with van der Waals surface area (Å²) >= 11 is 1.36. The van der Waals surface area contributed by atoms with Crippen LogP contribution in [-0.2, 0) is 29.0 Å². The van der Waals surface area contributed by atoms with Crippen LogP contribution in [0.4, 0.5) is 0 Å². The fraction of sp³-hybridized carbons (Fsp3) is 0.519. The highest BCUT2D eigenvalue weighted by molar-refractivity contribution is 8.08. The van der Waals surface area contributed by atoms with E-state index in [0.717, 1.165) is 0 Å². The predicted molar refractivity (Wildman–Crippen MR) is 164 cm³/mol. The SMILES string of the molecule is C=CS(=O)(=O)C(=O)[C@H](CCSC)NC(=O)[C@H](CCCN=C(N)N)NC(=O)[C@H](CC(C)C)NC(C(=O)O)c1ccccc1. The van der Waals surface area contributed by atoms with Crippen LogP contribution >= 0.6 is 11.8 Å². The summed E-state index contributed by atoms with van der Waals surface area (Å²) < 4.78 is 24.4. The van der Waals surface area contributed by atoms with Gasteiger partial charge in [-0.05, 0) is 49.2 Å². The number of carboxylic acids is 1. The fourth-order valence-corrected chi connectivity index (χ4v) is 5.17. The summed E-state index contributed by atoms with van der Waals surface area (Å²) in [6.45, 7) is 7.04. The van der Waals surface area contributed by atoms with Crippen molar-refractivity contribution in [3.8, 4) is 0 Å². The number of sulfone groups is 1. The quantitative estimate of drug-likeness (QED) is 0.0711. The summed E-state index contributed by atoms with van der Waals surface area (Å²) in [7, 11) is -4.33. The molecule has 0 radical (unpaired) electrons. The first-order chi connectivity index (χ1) is 19.7. The zero-order valence-corrected chi connectivity index (χ0v) is 25.7. The predicted octanol–water partition coefficient (Wildman–Crippen LogP) is 0.678. The third-order valence-electron chi connectivity index (χ3n) is 6.06. The molecule has 234 valence electrons. The highest BCUT2D eigenvalue weighted by Gasteiger charge is 2.34. The molecule has 0 saturated carbocycles. The van der Waals surface area contributed by atoms with Gasteiger partial charge in [-0.3, -0.25) is 29.5 Å². The largest absolute Gasteiger partial charge is 0.480 e. The van der Waals surface area contributed by atoms with E-state index in [-0.39, 0.29) is 44.1 Å². The zero-order chi connectivity index (χ0) is 31.9. The summed E-state index contributed by atoms with van der Waals surface area (Å²) in [6, 6.07) is 3.57. The van der Waals surface area contributed by atoms with Crippen molar-refractivity contribution in [2.45, 2.75) is 63.7 Å². The second kappa shape index (κ2) is 18.2. The number of carboxylic acid groups (broad SMARTS) is 1. The number of nitrogens with one attached hydrogen (secondary N) is 3. The number of rotatable bonds is 19. The highest BCUT2D eigenvalue weighted by Crippen LogP contribution is 2.17. The van der Waals surface area contributed by atoms with Crippen LogP contribution in [0.15, 0.2) is 47.3 Å². The zero-order valence-electron chi connectivity index (χ0n) is 24.1. The number of carbonyl (C=O) groups is 4. The fourth-order valence-electron chi connectivity index (χ4n) is 3.96. The van der Waals surface area contributed by atoms with Gasteiger partial charge in [0, 0.05) is 12.0 Å². The van der Waals surface area contributed by atoms with Gasteiger partial charge >= 0.3 is 5.97 Å². The Balaban J connectivity index is 3.29. The molecule has 42 heavy (non-hydrogen) atoms. The third kappa shape index (κ3) is 12.6. The van der Waals surface area contributed by atoms with Crippen LogP contribution in [0, 0.1) is 5.92 Å². The Hall–Kier alpha value is -3.43. The normalized spacial score (nSPS) is 14.2. The molecule has 1 unspecified atom stereocenters. The third-order valence-corrected chi connectivity index (χ3v) is 7.99. The number of carbonyl (C=O) groups excluding carboxylic acids is 3. The van der Waals surface area contributed by atoms with Crippen molar-refractivity contribution >= 4 is 50.5 Å². The number of hydrogen-bond acceptors (Lipinski definition) is 9. The monoisotopic (exact) mass is 626 g/mol. The molecule has 0 aromatic heterocycles. The molecular weight excluding hydrogens is 584 g/mol. The van der Waals surface area contributed by atoms with E-state index in [4.69, 9.17) is 11.5 Å². The van der Waals surface area contributed by atoms with Crippen molar-refractivity contribution in [3.05, 3.63) is 47.9 Å². The molecule has 2 amide bonds. The standard InChI is InChI=1S/C27H42N6O7S2/c1-5-42(39,40)26(38)20(13-15-41-4)33-23(34)19(12-9-14-30-27(28)29)32-24(35)21(16-17(2)3)31-22(25(36)37)18-10-7-6-8-11-18/h5-8,10-11,17,19-22,31H,1,9,12-16H2,2-4H3,(H,32,35)(H,33,34)(H,36,37)(H4,28,29,30)/t19-,20-,21-,22?/m0/s1. The molecule has 8 N–H and O–H groups in total. The summed E-state index contributed by atoms with van der Waals surface area (Å²) in [4.78, 5) is 55.6. The molecule has 0 saturated heterocycles. The first-order valence-corrected chi connectivity index (χ1v) is 16.3. The van der Waals surface area contributed by atoms with E-state index in [0.29, 0.717) is 16.7 Å². The minimum atomic E-state index is -4.33. The van der Waals surface area contributed by atoms with Crippen molar-refractivity contribution in [2.24, 2.45) is 22.4 Å². The Morgan fingerprint density at radius 2 is 1.62 bits per heavy atom. The van der Waals surface area contributed by atoms with E-state index in [2.05, 4.69) is 27.5 Å². The van der Waals surface area contributed by atoms with Gasteiger partial charge in [-0.25, -0.2) is 8.42 Å². The maximum Gasteiger partial charge on any atom is 0.325 e. The summed E-state index contributed by atoms with van der Waals surface area (Å²) in [5, 5.41) is 17.2. The van der Waals surface area contributed by atoms with Gasteiger partial charge < -0.3 is 27.2 Å². The average molecular weight is 627 g/mol. The van der Waals surface area contributed by atoms with E-state index < -0.39 is 56.9 Å². The van der Waals surface area contributed by atoms with E-state index in [1.807, 2.05) is 13.8 Å². The molecule has 0 aliphatic carbocycles. The van der Waals surface area contributed by atoms with E-state index in [1.54, 1.807) is 36.6 Å². The molecule has 13 nitrogen and oxygen atoms in total. The molecule has 0 fully saturated rings. The Bertz CT molecular complexity index is 1200. The van der Waals surface area contributed by atoms with Crippen molar-refractivity contribution in [3.63, 3.8) is 0 Å². The van der Waals surface area contributed by atoms with Gasteiger partial charge in [0.1, 0.15) is 18.1 Å². The lowest BCUT2D eigenvalue weighted by atomic mass is 9.99. The maximum atomic E-state index is 13.5. The first kappa shape index (κ1) is 36.6. The first-order valence-electron chi connectivity index (χ1n) is 13.3.